The second-order valence-electron chi connectivity index (χ2n) is 6.94. The second-order valence-corrected chi connectivity index (χ2v) is 6.94. The number of nitrogens with zero attached hydrogens (tertiary/aromatic N) is 6. The van der Waals surface area contributed by atoms with Crippen LogP contribution in [0.15, 0.2) is 51.9 Å². The number of aromatic nitrogens is 4. The number of piperazine rings is 1. The molecule has 0 atom stereocenters. The number of hydrogen-bond acceptors (Lipinski definition) is 7. The van der Waals surface area contributed by atoms with Crippen molar-refractivity contribution in [1.82, 2.24) is 24.5 Å². The largest absolute Gasteiger partial charge is 0.451 e. The summed E-state index contributed by atoms with van der Waals surface area (Å²) >= 11 is 0. The van der Waals surface area contributed by atoms with Crippen molar-refractivity contribution in [2.75, 3.05) is 31.1 Å². The van der Waals surface area contributed by atoms with Crippen LogP contribution in [0.1, 0.15) is 16.4 Å². The Labute approximate surface area is 165 Å². The van der Waals surface area contributed by atoms with Gasteiger partial charge in [-0.1, -0.05) is 12.1 Å². The highest BCUT2D eigenvalue weighted by Crippen LogP contribution is 2.20. The van der Waals surface area contributed by atoms with Crippen molar-refractivity contribution in [3.05, 3.63) is 64.5 Å². The molecule has 1 saturated heterocycles. The first-order valence-electron chi connectivity index (χ1n) is 9.35. The van der Waals surface area contributed by atoms with Crippen LogP contribution in [0.25, 0.3) is 16.6 Å². The summed E-state index contributed by atoms with van der Waals surface area (Å²) in [5.74, 6) is 1.33. The Balaban J connectivity index is 1.36. The fraction of sp³-hybridized carbons (Fsp3) is 0.250. The summed E-state index contributed by atoms with van der Waals surface area (Å²) in [6.07, 6.45) is 3.55. The molecule has 9 heteroatoms. The summed E-state index contributed by atoms with van der Waals surface area (Å²) < 4.78 is 7.58. The molecule has 0 bridgehead atoms. The van der Waals surface area contributed by atoms with Gasteiger partial charge in [0, 0.05) is 44.6 Å². The van der Waals surface area contributed by atoms with Gasteiger partial charge in [0.15, 0.2) is 17.0 Å². The number of benzene rings is 1. The molecule has 3 aromatic heterocycles. The first-order chi connectivity index (χ1) is 14.1. The lowest BCUT2D eigenvalue weighted by atomic mass is 10.2. The third-order valence-corrected chi connectivity index (χ3v) is 5.19. The SMILES string of the molecule is Cc1nnc2c(N3CCN(C(=O)c4cc(=O)c5ccccc5o4)CC3)nccn12. The van der Waals surface area contributed by atoms with E-state index in [4.69, 9.17) is 4.42 Å². The maximum atomic E-state index is 12.9. The second kappa shape index (κ2) is 6.69. The molecule has 5 rings (SSSR count). The van der Waals surface area contributed by atoms with Crippen LogP contribution in [0.4, 0.5) is 5.82 Å². The highest BCUT2D eigenvalue weighted by Gasteiger charge is 2.26. The molecule has 0 radical (unpaired) electrons. The van der Waals surface area contributed by atoms with Crippen LogP contribution in [-0.2, 0) is 0 Å². The Hall–Kier alpha value is -3.75. The molecule has 0 unspecified atom stereocenters. The van der Waals surface area contributed by atoms with Crippen LogP contribution >= 0.6 is 0 Å². The molecule has 1 aliphatic rings. The van der Waals surface area contributed by atoms with Gasteiger partial charge in [0.05, 0.1) is 5.39 Å². The van der Waals surface area contributed by atoms with E-state index in [2.05, 4.69) is 20.1 Å². The minimum absolute atomic E-state index is 0.0652. The lowest BCUT2D eigenvalue weighted by Crippen LogP contribution is -2.49. The van der Waals surface area contributed by atoms with E-state index < -0.39 is 0 Å². The molecule has 0 saturated carbocycles. The Morgan fingerprint density at radius 2 is 1.90 bits per heavy atom. The fourth-order valence-electron chi connectivity index (χ4n) is 3.64. The summed E-state index contributed by atoms with van der Waals surface area (Å²) in [7, 11) is 0. The topological polar surface area (TPSA) is 96.8 Å². The van der Waals surface area contributed by atoms with Crippen LogP contribution in [0.2, 0.25) is 0 Å². The van der Waals surface area contributed by atoms with Gasteiger partial charge >= 0.3 is 0 Å². The molecular formula is C20H18N6O3. The zero-order valence-corrected chi connectivity index (χ0v) is 15.8. The summed E-state index contributed by atoms with van der Waals surface area (Å²) in [5, 5.41) is 8.79. The highest BCUT2D eigenvalue weighted by molar-refractivity contribution is 5.93. The molecule has 0 aliphatic carbocycles. The molecular weight excluding hydrogens is 372 g/mol. The van der Waals surface area contributed by atoms with Crippen molar-refractivity contribution >= 4 is 28.3 Å². The molecule has 4 heterocycles. The van der Waals surface area contributed by atoms with E-state index in [9.17, 15) is 9.59 Å². The standard InChI is InChI=1S/C20H18N6O3/c1-13-22-23-19-18(21-6-7-26(13)19)24-8-10-25(11-9-24)20(28)17-12-15(27)14-4-2-3-5-16(14)29-17/h2-7,12H,8-11H2,1H3. The van der Waals surface area contributed by atoms with Crippen molar-refractivity contribution < 1.29 is 9.21 Å². The monoisotopic (exact) mass is 390 g/mol. The van der Waals surface area contributed by atoms with Gasteiger partial charge in [-0.05, 0) is 19.1 Å². The van der Waals surface area contributed by atoms with Gasteiger partial charge in [-0.3, -0.25) is 14.0 Å². The minimum Gasteiger partial charge on any atom is -0.451 e. The predicted octanol–water partition coefficient (Wildman–Crippen LogP) is 1.50. The molecule has 146 valence electrons. The van der Waals surface area contributed by atoms with Crippen molar-refractivity contribution in [2.24, 2.45) is 0 Å². The number of fused-ring (bicyclic) bond motifs is 2. The van der Waals surface area contributed by atoms with Crippen LogP contribution in [-0.4, -0.2) is 56.6 Å². The normalized spacial score (nSPS) is 14.7. The summed E-state index contributed by atoms with van der Waals surface area (Å²) in [6.45, 7) is 4.07. The summed E-state index contributed by atoms with van der Waals surface area (Å²) in [5.41, 5.74) is 0.900. The van der Waals surface area contributed by atoms with Gasteiger partial charge in [-0.2, -0.15) is 0 Å². The number of anilines is 1. The van der Waals surface area contributed by atoms with E-state index in [-0.39, 0.29) is 17.1 Å². The van der Waals surface area contributed by atoms with Gasteiger partial charge in [0.2, 0.25) is 5.65 Å². The minimum atomic E-state index is -0.281. The Bertz CT molecular complexity index is 1290. The van der Waals surface area contributed by atoms with Crippen LogP contribution in [0.5, 0.6) is 0 Å². The number of carbonyl (C=O) groups excluding carboxylic acids is 1. The number of amides is 1. The Morgan fingerprint density at radius 3 is 2.72 bits per heavy atom. The van der Waals surface area contributed by atoms with Crippen molar-refractivity contribution in [2.45, 2.75) is 6.92 Å². The summed E-state index contributed by atoms with van der Waals surface area (Å²) in [4.78, 5) is 33.4. The number of rotatable bonds is 2. The average Bonchev–Trinajstić information content (AvgIpc) is 3.14. The first kappa shape index (κ1) is 17.4. The van der Waals surface area contributed by atoms with Gasteiger partial charge in [-0.25, -0.2) is 4.98 Å². The van der Waals surface area contributed by atoms with Gasteiger partial charge in [0.1, 0.15) is 11.4 Å². The van der Waals surface area contributed by atoms with E-state index in [0.29, 0.717) is 42.8 Å². The maximum absolute atomic E-state index is 12.9. The number of hydrogen-bond donors (Lipinski definition) is 0. The lowest BCUT2D eigenvalue weighted by molar-refractivity contribution is 0.0715. The quantitative estimate of drug-likeness (QED) is 0.512. The van der Waals surface area contributed by atoms with Crippen LogP contribution in [0, 0.1) is 6.92 Å². The van der Waals surface area contributed by atoms with E-state index in [1.165, 1.54) is 6.07 Å². The molecule has 1 aliphatic heterocycles. The number of aryl methyl sites for hydroxylation is 1. The van der Waals surface area contributed by atoms with Crippen molar-refractivity contribution in [1.29, 1.82) is 0 Å². The fourth-order valence-corrected chi connectivity index (χ4v) is 3.64. The molecule has 0 spiro atoms. The highest BCUT2D eigenvalue weighted by atomic mass is 16.3. The molecule has 1 amide bonds. The third-order valence-electron chi connectivity index (χ3n) is 5.19. The lowest BCUT2D eigenvalue weighted by Gasteiger charge is -2.35. The zero-order chi connectivity index (χ0) is 20.0. The molecule has 29 heavy (non-hydrogen) atoms. The molecule has 4 aromatic rings. The number of para-hydroxylation sites is 1. The Kier molecular flexibility index (Phi) is 4.01. The van der Waals surface area contributed by atoms with Crippen molar-refractivity contribution in [3.8, 4) is 0 Å². The molecule has 1 aromatic carbocycles. The molecule has 1 fully saturated rings. The molecule has 0 N–H and O–H groups in total. The van der Waals surface area contributed by atoms with E-state index in [0.717, 1.165) is 11.6 Å². The van der Waals surface area contributed by atoms with Gasteiger partial charge < -0.3 is 14.2 Å². The number of carbonyl (C=O) groups is 1. The van der Waals surface area contributed by atoms with Gasteiger partial charge in [-0.15, -0.1) is 10.2 Å². The van der Waals surface area contributed by atoms with Gasteiger partial charge in [0.25, 0.3) is 5.91 Å². The van der Waals surface area contributed by atoms with Crippen LogP contribution in [0.3, 0.4) is 0 Å². The third kappa shape index (κ3) is 2.91. The smallest absolute Gasteiger partial charge is 0.289 e. The maximum Gasteiger partial charge on any atom is 0.289 e. The van der Waals surface area contributed by atoms with E-state index in [1.54, 1.807) is 35.4 Å². The van der Waals surface area contributed by atoms with Crippen molar-refractivity contribution in [3.63, 3.8) is 0 Å². The first-order valence-corrected chi connectivity index (χ1v) is 9.35. The Morgan fingerprint density at radius 1 is 1.10 bits per heavy atom. The van der Waals surface area contributed by atoms with E-state index in [1.807, 2.05) is 17.5 Å². The summed E-state index contributed by atoms with van der Waals surface area (Å²) in [6, 6.07) is 8.20. The van der Waals surface area contributed by atoms with Crippen LogP contribution < -0.4 is 10.3 Å². The van der Waals surface area contributed by atoms with E-state index >= 15 is 0 Å². The zero-order valence-electron chi connectivity index (χ0n) is 15.8. The predicted molar refractivity (Wildman–Crippen MR) is 106 cm³/mol. The average molecular weight is 390 g/mol. The molecule has 9 nitrogen and oxygen atoms in total.